The topological polar surface area (TPSA) is 78.4 Å². The molecule has 0 saturated heterocycles. The highest BCUT2D eigenvalue weighted by Crippen LogP contribution is 2.33. The Labute approximate surface area is 74.3 Å². The first-order chi connectivity index (χ1) is 6.18. The molecule has 0 saturated carbocycles. The van der Waals surface area contributed by atoms with Crippen LogP contribution in [0.25, 0.3) is 0 Å². The maximum atomic E-state index is 10.4. The molecular formula is C8H8N2O3. The third kappa shape index (κ3) is 1.23. The van der Waals surface area contributed by atoms with E-state index in [4.69, 9.17) is 10.5 Å². The average molecular weight is 180 g/mol. The van der Waals surface area contributed by atoms with E-state index < -0.39 is 4.92 Å². The van der Waals surface area contributed by atoms with Crippen LogP contribution in [0.5, 0.6) is 5.75 Å². The van der Waals surface area contributed by atoms with Gasteiger partial charge in [0.2, 0.25) is 0 Å². The molecule has 0 fully saturated rings. The lowest BCUT2D eigenvalue weighted by atomic mass is 10.1. The number of nitrogens with zero attached hydrogens (tertiary/aromatic N) is 1. The summed E-state index contributed by atoms with van der Waals surface area (Å²) in [6, 6.07) is 4.33. The van der Waals surface area contributed by atoms with Gasteiger partial charge in [0.25, 0.3) is 5.69 Å². The van der Waals surface area contributed by atoms with Gasteiger partial charge in [0, 0.05) is 11.6 Å². The lowest BCUT2D eigenvalue weighted by Gasteiger charge is -1.98. The standard InChI is InChI=1S/C8H8N2O3/c9-7-4-13-8-3-5(10(11)12)1-2-6(7)8/h1-3,7H,4,9H2/t7-/m1/s1. The fraction of sp³-hybridized carbons (Fsp3) is 0.250. The maximum absolute atomic E-state index is 10.4. The quantitative estimate of drug-likeness (QED) is 0.516. The first-order valence-corrected chi connectivity index (χ1v) is 3.85. The van der Waals surface area contributed by atoms with Gasteiger partial charge in [-0.1, -0.05) is 0 Å². The van der Waals surface area contributed by atoms with Crippen LogP contribution in [-0.4, -0.2) is 11.5 Å². The maximum Gasteiger partial charge on any atom is 0.273 e. The number of benzene rings is 1. The van der Waals surface area contributed by atoms with Crippen molar-refractivity contribution in [2.45, 2.75) is 6.04 Å². The molecule has 0 bridgehead atoms. The van der Waals surface area contributed by atoms with Gasteiger partial charge in [-0.3, -0.25) is 10.1 Å². The molecule has 68 valence electrons. The summed E-state index contributed by atoms with van der Waals surface area (Å²) in [7, 11) is 0. The first-order valence-electron chi connectivity index (χ1n) is 3.85. The fourth-order valence-electron chi connectivity index (χ4n) is 1.34. The number of nitro groups is 1. The Morgan fingerprint density at radius 3 is 3.08 bits per heavy atom. The number of hydrogen-bond donors (Lipinski definition) is 1. The van der Waals surface area contributed by atoms with Crippen molar-refractivity contribution in [3.63, 3.8) is 0 Å². The Balaban J connectivity index is 2.45. The van der Waals surface area contributed by atoms with E-state index in [1.54, 1.807) is 6.07 Å². The van der Waals surface area contributed by atoms with Crippen molar-refractivity contribution >= 4 is 5.69 Å². The van der Waals surface area contributed by atoms with Gasteiger partial charge in [-0.15, -0.1) is 0 Å². The van der Waals surface area contributed by atoms with E-state index in [2.05, 4.69) is 0 Å². The molecule has 5 nitrogen and oxygen atoms in total. The lowest BCUT2D eigenvalue weighted by Crippen LogP contribution is -2.10. The van der Waals surface area contributed by atoms with Crippen LogP contribution in [0.2, 0.25) is 0 Å². The SMILES string of the molecule is N[C@@H]1COc2cc([N+](=O)[O-])ccc21. The van der Waals surface area contributed by atoms with Gasteiger partial charge >= 0.3 is 0 Å². The molecule has 0 spiro atoms. The number of ether oxygens (including phenoxy) is 1. The Bertz CT molecular complexity index is 364. The molecule has 0 amide bonds. The molecule has 1 aliphatic heterocycles. The number of nitrogens with two attached hydrogens (primary N) is 1. The Morgan fingerprint density at radius 2 is 2.38 bits per heavy atom. The van der Waals surface area contributed by atoms with Crippen molar-refractivity contribution in [1.29, 1.82) is 0 Å². The molecule has 1 heterocycles. The van der Waals surface area contributed by atoms with E-state index in [0.29, 0.717) is 12.4 Å². The third-order valence-corrected chi connectivity index (χ3v) is 2.03. The fourth-order valence-corrected chi connectivity index (χ4v) is 1.34. The molecule has 5 heteroatoms. The van der Waals surface area contributed by atoms with Gasteiger partial charge in [-0.05, 0) is 6.07 Å². The first kappa shape index (κ1) is 8.00. The van der Waals surface area contributed by atoms with Crippen LogP contribution >= 0.6 is 0 Å². The molecule has 0 aliphatic carbocycles. The second kappa shape index (κ2) is 2.70. The van der Waals surface area contributed by atoms with Crippen LogP contribution in [0.15, 0.2) is 18.2 Å². The molecule has 13 heavy (non-hydrogen) atoms. The highest BCUT2D eigenvalue weighted by Gasteiger charge is 2.22. The molecule has 0 aromatic heterocycles. The number of non-ortho nitro benzene ring substituents is 1. The van der Waals surface area contributed by atoms with Crippen LogP contribution < -0.4 is 10.5 Å². The van der Waals surface area contributed by atoms with E-state index in [9.17, 15) is 10.1 Å². The summed E-state index contributed by atoms with van der Waals surface area (Å²) in [5.74, 6) is 0.529. The van der Waals surface area contributed by atoms with Crippen molar-refractivity contribution in [1.82, 2.24) is 0 Å². The van der Waals surface area contributed by atoms with Crippen molar-refractivity contribution in [3.8, 4) is 5.75 Å². The Hall–Kier alpha value is -1.62. The summed E-state index contributed by atoms with van der Waals surface area (Å²) in [5.41, 5.74) is 6.55. The monoisotopic (exact) mass is 180 g/mol. The van der Waals surface area contributed by atoms with Gasteiger partial charge in [0.15, 0.2) is 0 Å². The smallest absolute Gasteiger partial charge is 0.273 e. The summed E-state index contributed by atoms with van der Waals surface area (Å²) in [5, 5.41) is 10.4. The van der Waals surface area contributed by atoms with Gasteiger partial charge in [-0.2, -0.15) is 0 Å². The Morgan fingerprint density at radius 1 is 1.62 bits per heavy atom. The summed E-state index contributed by atoms with van der Waals surface area (Å²) in [4.78, 5) is 9.95. The third-order valence-electron chi connectivity index (χ3n) is 2.03. The molecule has 1 aromatic rings. The number of hydrogen-bond acceptors (Lipinski definition) is 4. The van der Waals surface area contributed by atoms with Crippen LogP contribution in [-0.2, 0) is 0 Å². The van der Waals surface area contributed by atoms with Crippen LogP contribution in [0.4, 0.5) is 5.69 Å². The zero-order valence-electron chi connectivity index (χ0n) is 6.77. The molecule has 1 aliphatic rings. The Kier molecular flexibility index (Phi) is 1.66. The van der Waals surface area contributed by atoms with E-state index in [-0.39, 0.29) is 11.7 Å². The predicted octanol–water partition coefficient (Wildman–Crippen LogP) is 0.987. The summed E-state index contributed by atoms with van der Waals surface area (Å²) >= 11 is 0. The van der Waals surface area contributed by atoms with Gasteiger partial charge in [-0.25, -0.2) is 0 Å². The van der Waals surface area contributed by atoms with Crippen molar-refractivity contribution < 1.29 is 9.66 Å². The minimum atomic E-state index is -0.451. The second-order valence-electron chi connectivity index (χ2n) is 2.90. The average Bonchev–Trinajstić information content (AvgIpc) is 2.47. The highest BCUT2D eigenvalue weighted by molar-refractivity contribution is 5.47. The lowest BCUT2D eigenvalue weighted by molar-refractivity contribution is -0.384. The van der Waals surface area contributed by atoms with E-state index in [1.807, 2.05) is 0 Å². The van der Waals surface area contributed by atoms with Crippen LogP contribution in [0.3, 0.4) is 0 Å². The molecule has 1 atom stereocenters. The predicted molar refractivity (Wildman–Crippen MR) is 45.5 cm³/mol. The van der Waals surface area contributed by atoms with Crippen molar-refractivity contribution in [2.24, 2.45) is 5.73 Å². The van der Waals surface area contributed by atoms with Crippen molar-refractivity contribution in [2.75, 3.05) is 6.61 Å². The summed E-state index contributed by atoms with van der Waals surface area (Å²) < 4.78 is 5.17. The minimum Gasteiger partial charge on any atom is -0.491 e. The van der Waals surface area contributed by atoms with Gasteiger partial charge < -0.3 is 10.5 Å². The molecular weight excluding hydrogens is 172 g/mol. The van der Waals surface area contributed by atoms with Crippen LogP contribution in [0.1, 0.15) is 11.6 Å². The number of rotatable bonds is 1. The van der Waals surface area contributed by atoms with Gasteiger partial charge in [0.1, 0.15) is 12.4 Å². The summed E-state index contributed by atoms with van der Waals surface area (Å²) in [6.07, 6.45) is 0. The zero-order valence-corrected chi connectivity index (χ0v) is 6.77. The van der Waals surface area contributed by atoms with Crippen LogP contribution in [0, 0.1) is 10.1 Å². The molecule has 2 N–H and O–H groups in total. The molecule has 2 rings (SSSR count). The van der Waals surface area contributed by atoms with Crippen molar-refractivity contribution in [3.05, 3.63) is 33.9 Å². The van der Waals surface area contributed by atoms with Gasteiger partial charge in [0.05, 0.1) is 17.0 Å². The zero-order chi connectivity index (χ0) is 9.42. The minimum absolute atomic E-state index is 0.0350. The molecule has 1 aromatic carbocycles. The highest BCUT2D eigenvalue weighted by atomic mass is 16.6. The van der Waals surface area contributed by atoms with E-state index >= 15 is 0 Å². The summed E-state index contributed by atoms with van der Waals surface area (Å²) in [6.45, 7) is 0.399. The number of fused-ring (bicyclic) bond motifs is 1. The largest absolute Gasteiger partial charge is 0.491 e. The normalized spacial score (nSPS) is 19.3. The molecule has 0 unspecified atom stereocenters. The molecule has 0 radical (unpaired) electrons. The van der Waals surface area contributed by atoms with E-state index in [1.165, 1.54) is 12.1 Å². The second-order valence-corrected chi connectivity index (χ2v) is 2.90. The number of nitro benzene ring substituents is 1. The van der Waals surface area contributed by atoms with E-state index in [0.717, 1.165) is 5.56 Å².